The molecule has 0 aliphatic carbocycles. The second-order valence-electron chi connectivity index (χ2n) is 3.56. The van der Waals surface area contributed by atoms with Crippen molar-refractivity contribution in [2.75, 3.05) is 6.54 Å². The lowest BCUT2D eigenvalue weighted by Crippen LogP contribution is -2.29. The molecule has 0 aromatic heterocycles. The molecule has 1 saturated heterocycles. The molecular formula is C8H15NO2. The van der Waals surface area contributed by atoms with Crippen LogP contribution in [0.1, 0.15) is 26.7 Å². The van der Waals surface area contributed by atoms with Crippen molar-refractivity contribution < 1.29 is 9.53 Å². The summed E-state index contributed by atoms with van der Waals surface area (Å²) in [6.07, 6.45) is 1.41. The van der Waals surface area contributed by atoms with Gasteiger partial charge in [0.15, 0.2) is 0 Å². The minimum absolute atomic E-state index is 0.0894. The van der Waals surface area contributed by atoms with Gasteiger partial charge in [0.2, 0.25) is 0 Å². The second-order valence-corrected chi connectivity index (χ2v) is 3.56. The highest BCUT2D eigenvalue weighted by atomic mass is 16.6. The largest absolute Gasteiger partial charge is 0.459 e. The summed E-state index contributed by atoms with van der Waals surface area (Å²) in [4.78, 5) is 10.9. The molecule has 0 aromatic carbocycles. The van der Waals surface area contributed by atoms with Crippen molar-refractivity contribution in [2.45, 2.75) is 32.3 Å². The van der Waals surface area contributed by atoms with E-state index >= 15 is 0 Å². The lowest BCUT2D eigenvalue weighted by atomic mass is 9.88. The fourth-order valence-corrected chi connectivity index (χ4v) is 1.52. The molecule has 0 bridgehead atoms. The number of cyclic esters (lactones) is 1. The van der Waals surface area contributed by atoms with Gasteiger partial charge in [-0.3, -0.25) is 4.79 Å². The zero-order valence-electron chi connectivity index (χ0n) is 7.09. The van der Waals surface area contributed by atoms with Crippen LogP contribution in [0.5, 0.6) is 0 Å². The van der Waals surface area contributed by atoms with Crippen LogP contribution in [0.4, 0.5) is 0 Å². The van der Waals surface area contributed by atoms with Crippen LogP contribution >= 0.6 is 0 Å². The minimum atomic E-state index is -0.295. The van der Waals surface area contributed by atoms with E-state index in [9.17, 15) is 4.79 Å². The second kappa shape index (κ2) is 2.81. The number of carbonyl (C=O) groups excluding carboxylic acids is 1. The summed E-state index contributed by atoms with van der Waals surface area (Å²) in [5.74, 6) is 0.216. The average molecular weight is 157 g/mol. The highest BCUT2D eigenvalue weighted by Crippen LogP contribution is 2.34. The fraction of sp³-hybridized carbons (Fsp3) is 0.875. The lowest BCUT2D eigenvalue weighted by Gasteiger charge is -2.23. The van der Waals surface area contributed by atoms with E-state index in [1.807, 2.05) is 13.8 Å². The Morgan fingerprint density at radius 3 is 2.73 bits per heavy atom. The van der Waals surface area contributed by atoms with Gasteiger partial charge in [0, 0.05) is 5.92 Å². The standard InChI is InChI=1S/C8H15NO2/c1-8(2)6(3-4-9)5-7(10)11-8/h6H,3-5,9H2,1-2H3. The van der Waals surface area contributed by atoms with Crippen LogP contribution in [-0.2, 0) is 9.53 Å². The summed E-state index contributed by atoms with van der Waals surface area (Å²) in [7, 11) is 0. The van der Waals surface area contributed by atoms with Gasteiger partial charge in [-0.05, 0) is 26.8 Å². The average Bonchev–Trinajstić information content (AvgIpc) is 2.07. The summed E-state index contributed by atoms with van der Waals surface area (Å²) < 4.78 is 5.12. The van der Waals surface area contributed by atoms with E-state index in [1.165, 1.54) is 0 Å². The monoisotopic (exact) mass is 157 g/mol. The van der Waals surface area contributed by atoms with E-state index in [-0.39, 0.29) is 11.6 Å². The van der Waals surface area contributed by atoms with Gasteiger partial charge in [0.1, 0.15) is 5.60 Å². The molecule has 1 aliphatic heterocycles. The highest BCUT2D eigenvalue weighted by molar-refractivity contribution is 5.72. The van der Waals surface area contributed by atoms with Crippen LogP contribution in [0.25, 0.3) is 0 Å². The lowest BCUT2D eigenvalue weighted by molar-refractivity contribution is -0.146. The number of hydrogen-bond acceptors (Lipinski definition) is 3. The van der Waals surface area contributed by atoms with Gasteiger partial charge in [-0.1, -0.05) is 0 Å². The summed E-state index contributed by atoms with van der Waals surface area (Å²) in [5, 5.41) is 0. The van der Waals surface area contributed by atoms with Crippen molar-refractivity contribution in [1.29, 1.82) is 0 Å². The first kappa shape index (κ1) is 8.53. The smallest absolute Gasteiger partial charge is 0.306 e. The Balaban J connectivity index is 2.58. The molecule has 1 fully saturated rings. The Labute approximate surface area is 66.9 Å². The molecule has 1 aliphatic rings. The molecule has 1 unspecified atom stereocenters. The quantitative estimate of drug-likeness (QED) is 0.599. The Morgan fingerprint density at radius 2 is 2.36 bits per heavy atom. The number of esters is 1. The van der Waals surface area contributed by atoms with Crippen LogP contribution in [0, 0.1) is 5.92 Å². The summed E-state index contributed by atoms with van der Waals surface area (Å²) >= 11 is 0. The first-order valence-corrected chi connectivity index (χ1v) is 3.98. The topological polar surface area (TPSA) is 52.3 Å². The van der Waals surface area contributed by atoms with E-state index in [4.69, 9.17) is 10.5 Å². The number of nitrogens with two attached hydrogens (primary N) is 1. The molecule has 0 saturated carbocycles. The van der Waals surface area contributed by atoms with Crippen LogP contribution < -0.4 is 5.73 Å². The van der Waals surface area contributed by atoms with Crippen molar-refractivity contribution in [2.24, 2.45) is 11.7 Å². The molecule has 11 heavy (non-hydrogen) atoms. The normalized spacial score (nSPS) is 28.6. The third-order valence-electron chi connectivity index (χ3n) is 2.29. The van der Waals surface area contributed by atoms with Crippen LogP contribution in [-0.4, -0.2) is 18.1 Å². The van der Waals surface area contributed by atoms with Crippen molar-refractivity contribution >= 4 is 5.97 Å². The predicted molar refractivity (Wildman–Crippen MR) is 41.9 cm³/mol. The zero-order valence-corrected chi connectivity index (χ0v) is 7.09. The Morgan fingerprint density at radius 1 is 1.73 bits per heavy atom. The number of hydrogen-bond donors (Lipinski definition) is 1. The molecule has 3 nitrogen and oxygen atoms in total. The van der Waals surface area contributed by atoms with E-state index in [1.54, 1.807) is 0 Å². The van der Waals surface area contributed by atoms with Crippen molar-refractivity contribution in [3.63, 3.8) is 0 Å². The van der Waals surface area contributed by atoms with Gasteiger partial charge in [-0.2, -0.15) is 0 Å². The fourth-order valence-electron chi connectivity index (χ4n) is 1.52. The van der Waals surface area contributed by atoms with E-state index in [0.29, 0.717) is 18.9 Å². The van der Waals surface area contributed by atoms with Crippen LogP contribution in [0.3, 0.4) is 0 Å². The molecule has 64 valence electrons. The SMILES string of the molecule is CC1(C)OC(=O)CC1CCN. The van der Waals surface area contributed by atoms with Gasteiger partial charge in [-0.25, -0.2) is 0 Å². The molecule has 0 spiro atoms. The van der Waals surface area contributed by atoms with Gasteiger partial charge >= 0.3 is 5.97 Å². The number of carbonyl (C=O) groups is 1. The zero-order chi connectivity index (χ0) is 8.48. The molecule has 2 N–H and O–H groups in total. The number of ether oxygens (including phenoxy) is 1. The maximum Gasteiger partial charge on any atom is 0.306 e. The van der Waals surface area contributed by atoms with Gasteiger partial charge in [0.25, 0.3) is 0 Å². The minimum Gasteiger partial charge on any atom is -0.459 e. The summed E-state index contributed by atoms with van der Waals surface area (Å²) in [5.41, 5.74) is 5.11. The molecule has 3 heteroatoms. The molecule has 0 aromatic rings. The molecule has 0 amide bonds. The Kier molecular flexibility index (Phi) is 2.18. The van der Waals surface area contributed by atoms with Crippen molar-refractivity contribution in [1.82, 2.24) is 0 Å². The summed E-state index contributed by atoms with van der Waals surface area (Å²) in [6, 6.07) is 0. The van der Waals surface area contributed by atoms with E-state index in [0.717, 1.165) is 6.42 Å². The van der Waals surface area contributed by atoms with Crippen LogP contribution in [0.2, 0.25) is 0 Å². The Bertz CT molecular complexity index is 165. The first-order valence-electron chi connectivity index (χ1n) is 3.98. The third-order valence-corrected chi connectivity index (χ3v) is 2.29. The van der Waals surface area contributed by atoms with Gasteiger partial charge < -0.3 is 10.5 Å². The molecule has 1 atom stereocenters. The van der Waals surface area contributed by atoms with E-state index < -0.39 is 0 Å². The van der Waals surface area contributed by atoms with E-state index in [2.05, 4.69) is 0 Å². The molecule has 1 rings (SSSR count). The third kappa shape index (κ3) is 1.71. The van der Waals surface area contributed by atoms with Gasteiger partial charge in [-0.15, -0.1) is 0 Å². The predicted octanol–water partition coefficient (Wildman–Crippen LogP) is 0.677. The van der Waals surface area contributed by atoms with Crippen molar-refractivity contribution in [3.05, 3.63) is 0 Å². The highest BCUT2D eigenvalue weighted by Gasteiger charge is 2.40. The maximum atomic E-state index is 10.9. The van der Waals surface area contributed by atoms with Gasteiger partial charge in [0.05, 0.1) is 6.42 Å². The van der Waals surface area contributed by atoms with Crippen molar-refractivity contribution in [3.8, 4) is 0 Å². The molecule has 0 radical (unpaired) electrons. The number of rotatable bonds is 2. The molecule has 1 heterocycles. The Hall–Kier alpha value is -0.570. The molecular weight excluding hydrogens is 142 g/mol. The first-order chi connectivity index (χ1) is 5.06. The summed E-state index contributed by atoms with van der Waals surface area (Å²) in [6.45, 7) is 4.52. The van der Waals surface area contributed by atoms with Crippen LogP contribution in [0.15, 0.2) is 0 Å². The maximum absolute atomic E-state index is 10.9.